The molecule has 0 radical (unpaired) electrons. The molecular formula is C11H18N4O3. The second-order valence-corrected chi connectivity index (χ2v) is 3.92. The molecule has 2 amide bonds. The monoisotopic (exact) mass is 254 g/mol. The van der Waals surface area contributed by atoms with E-state index in [-0.39, 0.29) is 19.0 Å². The SMILES string of the molecule is CN(CCC(=O)O)C(=O)NCCCn1cccn1. The Morgan fingerprint density at radius 2 is 2.28 bits per heavy atom. The van der Waals surface area contributed by atoms with Crippen molar-refractivity contribution in [2.75, 3.05) is 20.1 Å². The molecule has 0 unspecified atom stereocenters. The molecule has 7 nitrogen and oxygen atoms in total. The minimum atomic E-state index is -0.909. The van der Waals surface area contributed by atoms with E-state index in [0.29, 0.717) is 6.54 Å². The molecule has 0 saturated heterocycles. The third kappa shape index (κ3) is 5.33. The molecule has 0 aliphatic rings. The summed E-state index contributed by atoms with van der Waals surface area (Å²) in [7, 11) is 1.58. The van der Waals surface area contributed by atoms with Crippen LogP contribution in [0.15, 0.2) is 18.5 Å². The molecule has 18 heavy (non-hydrogen) atoms. The van der Waals surface area contributed by atoms with Crippen molar-refractivity contribution < 1.29 is 14.7 Å². The first-order valence-corrected chi connectivity index (χ1v) is 5.78. The standard InChI is InChI=1S/C11H18N4O3/c1-14(9-4-10(16)17)11(18)12-5-2-7-15-8-3-6-13-15/h3,6,8H,2,4-5,7,9H2,1H3,(H,12,18)(H,16,17). The van der Waals surface area contributed by atoms with E-state index < -0.39 is 5.97 Å². The molecule has 100 valence electrons. The highest BCUT2D eigenvalue weighted by molar-refractivity contribution is 5.74. The van der Waals surface area contributed by atoms with Gasteiger partial charge in [0.2, 0.25) is 0 Å². The average molecular weight is 254 g/mol. The van der Waals surface area contributed by atoms with E-state index in [4.69, 9.17) is 5.11 Å². The zero-order valence-electron chi connectivity index (χ0n) is 10.4. The zero-order valence-corrected chi connectivity index (χ0v) is 10.4. The van der Waals surface area contributed by atoms with Crippen LogP contribution >= 0.6 is 0 Å². The van der Waals surface area contributed by atoms with E-state index >= 15 is 0 Å². The lowest BCUT2D eigenvalue weighted by molar-refractivity contribution is -0.137. The van der Waals surface area contributed by atoms with Gasteiger partial charge in [0, 0.05) is 39.1 Å². The Hall–Kier alpha value is -2.05. The number of nitrogens with one attached hydrogen (secondary N) is 1. The summed E-state index contributed by atoms with van der Waals surface area (Å²) in [6, 6.07) is 1.59. The number of hydrogen-bond acceptors (Lipinski definition) is 3. The minimum Gasteiger partial charge on any atom is -0.481 e. The third-order valence-corrected chi connectivity index (χ3v) is 2.41. The number of carbonyl (C=O) groups excluding carboxylic acids is 1. The maximum atomic E-state index is 11.5. The number of carbonyl (C=O) groups is 2. The summed E-state index contributed by atoms with van der Waals surface area (Å²) in [5, 5.41) is 15.3. The van der Waals surface area contributed by atoms with Crippen LogP contribution in [0.1, 0.15) is 12.8 Å². The quantitative estimate of drug-likeness (QED) is 0.689. The molecule has 0 spiro atoms. The molecule has 0 aliphatic carbocycles. The molecule has 7 heteroatoms. The Morgan fingerprint density at radius 1 is 1.50 bits per heavy atom. The molecule has 0 bridgehead atoms. The molecule has 0 saturated carbocycles. The normalized spacial score (nSPS) is 10.1. The predicted molar refractivity (Wildman–Crippen MR) is 65.1 cm³/mol. The van der Waals surface area contributed by atoms with Crippen molar-refractivity contribution in [3.63, 3.8) is 0 Å². The fourth-order valence-electron chi connectivity index (χ4n) is 1.37. The van der Waals surface area contributed by atoms with Crippen LogP contribution in [-0.4, -0.2) is 51.9 Å². The summed E-state index contributed by atoms with van der Waals surface area (Å²) in [6.07, 6.45) is 4.30. The molecule has 0 aromatic carbocycles. The van der Waals surface area contributed by atoms with Gasteiger partial charge < -0.3 is 15.3 Å². The van der Waals surface area contributed by atoms with Crippen molar-refractivity contribution in [3.8, 4) is 0 Å². The Kier molecular flexibility index (Phi) is 5.69. The summed E-state index contributed by atoms with van der Waals surface area (Å²) < 4.78 is 1.79. The van der Waals surface area contributed by atoms with Crippen molar-refractivity contribution in [2.45, 2.75) is 19.4 Å². The van der Waals surface area contributed by atoms with Gasteiger partial charge in [0.15, 0.2) is 0 Å². The number of nitrogens with zero attached hydrogens (tertiary/aromatic N) is 3. The van der Waals surface area contributed by atoms with Crippen molar-refractivity contribution in [3.05, 3.63) is 18.5 Å². The fourth-order valence-corrected chi connectivity index (χ4v) is 1.37. The molecule has 1 rings (SSSR count). The minimum absolute atomic E-state index is 0.0444. The molecule has 0 aliphatic heterocycles. The van der Waals surface area contributed by atoms with E-state index in [1.807, 2.05) is 12.3 Å². The van der Waals surface area contributed by atoms with Gasteiger partial charge in [-0.1, -0.05) is 0 Å². The maximum absolute atomic E-state index is 11.5. The third-order valence-electron chi connectivity index (χ3n) is 2.41. The average Bonchev–Trinajstić information content (AvgIpc) is 2.84. The lowest BCUT2D eigenvalue weighted by Gasteiger charge is -2.16. The Balaban J connectivity index is 2.10. The van der Waals surface area contributed by atoms with Gasteiger partial charge in [-0.15, -0.1) is 0 Å². The topological polar surface area (TPSA) is 87.5 Å². The van der Waals surface area contributed by atoms with Gasteiger partial charge >= 0.3 is 12.0 Å². The van der Waals surface area contributed by atoms with Crippen LogP contribution in [-0.2, 0) is 11.3 Å². The highest BCUT2D eigenvalue weighted by Crippen LogP contribution is 1.91. The van der Waals surface area contributed by atoms with Crippen LogP contribution in [0, 0.1) is 0 Å². The van der Waals surface area contributed by atoms with Crippen LogP contribution < -0.4 is 5.32 Å². The van der Waals surface area contributed by atoms with Crippen LogP contribution in [0.4, 0.5) is 4.79 Å². The van der Waals surface area contributed by atoms with Crippen LogP contribution in [0.25, 0.3) is 0 Å². The second-order valence-electron chi connectivity index (χ2n) is 3.92. The summed E-state index contributed by atoms with van der Waals surface area (Å²) in [6.45, 7) is 1.49. The number of carboxylic acids is 1. The van der Waals surface area contributed by atoms with Crippen molar-refractivity contribution >= 4 is 12.0 Å². The van der Waals surface area contributed by atoms with Crippen molar-refractivity contribution in [1.29, 1.82) is 0 Å². The van der Waals surface area contributed by atoms with Gasteiger partial charge in [0.25, 0.3) is 0 Å². The maximum Gasteiger partial charge on any atom is 0.317 e. The number of carboxylic acid groups (broad SMARTS) is 1. The van der Waals surface area contributed by atoms with E-state index in [0.717, 1.165) is 13.0 Å². The largest absolute Gasteiger partial charge is 0.481 e. The Morgan fingerprint density at radius 3 is 2.89 bits per heavy atom. The highest BCUT2D eigenvalue weighted by atomic mass is 16.4. The number of aromatic nitrogens is 2. The first-order chi connectivity index (χ1) is 8.59. The summed E-state index contributed by atoms with van der Waals surface area (Å²) in [5.74, 6) is -0.909. The molecule has 0 fully saturated rings. The number of rotatable bonds is 7. The van der Waals surface area contributed by atoms with Gasteiger partial charge in [-0.3, -0.25) is 9.48 Å². The molecule has 1 heterocycles. The van der Waals surface area contributed by atoms with E-state index in [9.17, 15) is 9.59 Å². The molecular weight excluding hydrogens is 236 g/mol. The lowest BCUT2D eigenvalue weighted by Crippen LogP contribution is -2.39. The zero-order chi connectivity index (χ0) is 13.4. The smallest absolute Gasteiger partial charge is 0.317 e. The molecule has 2 N–H and O–H groups in total. The van der Waals surface area contributed by atoms with E-state index in [1.165, 1.54) is 4.90 Å². The van der Waals surface area contributed by atoms with Crippen LogP contribution in [0.2, 0.25) is 0 Å². The van der Waals surface area contributed by atoms with Gasteiger partial charge in [-0.25, -0.2) is 4.79 Å². The number of aliphatic carboxylic acids is 1. The Labute approximate surface area is 105 Å². The van der Waals surface area contributed by atoms with Gasteiger partial charge in [0.05, 0.1) is 6.42 Å². The number of hydrogen-bond donors (Lipinski definition) is 2. The Bertz CT molecular complexity index is 378. The highest BCUT2D eigenvalue weighted by Gasteiger charge is 2.08. The number of urea groups is 1. The molecule has 1 aromatic heterocycles. The number of amides is 2. The predicted octanol–water partition coefficient (Wildman–Crippen LogP) is 0.389. The van der Waals surface area contributed by atoms with E-state index in [2.05, 4.69) is 10.4 Å². The second kappa shape index (κ2) is 7.31. The van der Waals surface area contributed by atoms with Gasteiger partial charge in [-0.2, -0.15) is 5.10 Å². The summed E-state index contributed by atoms with van der Waals surface area (Å²) in [5.41, 5.74) is 0. The van der Waals surface area contributed by atoms with Gasteiger partial charge in [0.1, 0.15) is 0 Å². The molecule has 1 aromatic rings. The van der Waals surface area contributed by atoms with Gasteiger partial charge in [-0.05, 0) is 12.5 Å². The fraction of sp³-hybridized carbons (Fsp3) is 0.545. The number of aryl methyl sites for hydroxylation is 1. The first kappa shape index (κ1) is 14.0. The molecule has 0 atom stereocenters. The van der Waals surface area contributed by atoms with Crippen LogP contribution in [0.3, 0.4) is 0 Å². The summed E-state index contributed by atoms with van der Waals surface area (Å²) >= 11 is 0. The first-order valence-electron chi connectivity index (χ1n) is 5.78. The van der Waals surface area contributed by atoms with Crippen LogP contribution in [0.5, 0.6) is 0 Å². The lowest BCUT2D eigenvalue weighted by atomic mass is 10.4. The van der Waals surface area contributed by atoms with Crippen molar-refractivity contribution in [1.82, 2.24) is 20.0 Å². The van der Waals surface area contributed by atoms with E-state index in [1.54, 1.807) is 17.9 Å². The van der Waals surface area contributed by atoms with Crippen molar-refractivity contribution in [2.24, 2.45) is 0 Å². The summed E-state index contributed by atoms with van der Waals surface area (Å²) in [4.78, 5) is 23.2.